The summed E-state index contributed by atoms with van der Waals surface area (Å²) >= 11 is 12.3. The molecule has 1 aliphatic rings. The minimum Gasteiger partial charge on any atom is -0.490 e. The molecular weight excluding hydrogens is 456 g/mol. The van der Waals surface area contributed by atoms with Gasteiger partial charge in [0.1, 0.15) is 19.0 Å². The van der Waals surface area contributed by atoms with Crippen molar-refractivity contribution in [2.75, 3.05) is 18.6 Å². The minimum absolute atomic E-state index is 0.124. The number of benzene rings is 1. The second kappa shape index (κ2) is 9.92. The van der Waals surface area contributed by atoms with E-state index in [-0.39, 0.29) is 24.3 Å². The van der Waals surface area contributed by atoms with Crippen LogP contribution >= 0.6 is 23.2 Å². The van der Waals surface area contributed by atoms with Gasteiger partial charge in [-0.2, -0.15) is 0 Å². The number of aromatic amines is 1. The van der Waals surface area contributed by atoms with E-state index in [0.717, 1.165) is 25.7 Å². The lowest BCUT2D eigenvalue weighted by atomic mass is 9.87. The van der Waals surface area contributed by atoms with Crippen LogP contribution in [0.15, 0.2) is 24.5 Å². The minimum atomic E-state index is -0.661. The van der Waals surface area contributed by atoms with Crippen LogP contribution in [0, 0.1) is 5.92 Å². The standard InChI is InChI=1S/C22H24Cl2FN5O2/c1-12-2-4-13(5-3-12)27-21(31)14-8-17-18(9-19(14)32-7-6-25)29-22(28-17)30-20-15(23)10-26-11-16(20)24/h8-13H,2-7H2,1H3,(H,27,31)(H2,26,28,29,30). The van der Waals surface area contributed by atoms with Crippen molar-refractivity contribution in [3.63, 3.8) is 0 Å². The number of alkyl halides is 1. The molecule has 0 unspecified atom stereocenters. The molecule has 0 radical (unpaired) electrons. The van der Waals surface area contributed by atoms with Gasteiger partial charge in [-0.05, 0) is 37.7 Å². The highest BCUT2D eigenvalue weighted by atomic mass is 35.5. The van der Waals surface area contributed by atoms with Gasteiger partial charge in [0.05, 0.1) is 32.3 Å². The molecule has 170 valence electrons. The predicted octanol–water partition coefficient (Wildman–Crippen LogP) is 5.67. The van der Waals surface area contributed by atoms with Crippen LogP contribution in [0.4, 0.5) is 16.0 Å². The smallest absolute Gasteiger partial charge is 0.255 e. The van der Waals surface area contributed by atoms with Gasteiger partial charge in [-0.3, -0.25) is 9.78 Å². The van der Waals surface area contributed by atoms with Crippen molar-refractivity contribution >= 4 is 51.8 Å². The molecule has 1 aromatic carbocycles. The average Bonchev–Trinajstić information content (AvgIpc) is 3.17. The number of amides is 1. The first-order chi connectivity index (χ1) is 15.4. The number of carbonyl (C=O) groups excluding carboxylic acids is 1. The molecule has 3 N–H and O–H groups in total. The van der Waals surface area contributed by atoms with Gasteiger partial charge in [-0.15, -0.1) is 0 Å². The van der Waals surface area contributed by atoms with Crippen LogP contribution in [0.1, 0.15) is 43.0 Å². The zero-order chi connectivity index (χ0) is 22.7. The van der Waals surface area contributed by atoms with E-state index in [9.17, 15) is 9.18 Å². The van der Waals surface area contributed by atoms with Crippen molar-refractivity contribution in [3.8, 4) is 5.75 Å². The van der Waals surface area contributed by atoms with Gasteiger partial charge in [-0.25, -0.2) is 9.37 Å². The first kappa shape index (κ1) is 22.6. The molecule has 1 fully saturated rings. The van der Waals surface area contributed by atoms with E-state index in [1.165, 1.54) is 12.4 Å². The maximum Gasteiger partial charge on any atom is 0.255 e. The number of aromatic nitrogens is 3. The largest absolute Gasteiger partial charge is 0.490 e. The third kappa shape index (κ3) is 5.07. The highest BCUT2D eigenvalue weighted by Gasteiger charge is 2.23. The van der Waals surface area contributed by atoms with Crippen LogP contribution in [0.5, 0.6) is 5.75 Å². The second-order valence-corrected chi connectivity index (χ2v) is 8.84. The molecule has 2 aromatic heterocycles. The molecule has 1 saturated carbocycles. The fourth-order valence-electron chi connectivity index (χ4n) is 3.86. The molecule has 0 atom stereocenters. The van der Waals surface area contributed by atoms with E-state index in [1.54, 1.807) is 12.1 Å². The Balaban J connectivity index is 1.61. The number of pyridine rings is 1. The van der Waals surface area contributed by atoms with Crippen LogP contribution in [0.2, 0.25) is 10.0 Å². The topological polar surface area (TPSA) is 91.9 Å². The third-order valence-corrected chi connectivity index (χ3v) is 6.18. The van der Waals surface area contributed by atoms with Crippen molar-refractivity contribution < 1.29 is 13.9 Å². The van der Waals surface area contributed by atoms with Crippen molar-refractivity contribution in [3.05, 3.63) is 40.1 Å². The van der Waals surface area contributed by atoms with Gasteiger partial charge in [0, 0.05) is 24.5 Å². The third-order valence-electron chi connectivity index (χ3n) is 5.61. The second-order valence-electron chi connectivity index (χ2n) is 8.02. The molecule has 0 saturated heterocycles. The Morgan fingerprint density at radius 3 is 2.62 bits per heavy atom. The molecule has 0 spiro atoms. The fraction of sp³-hybridized carbons (Fsp3) is 0.409. The summed E-state index contributed by atoms with van der Waals surface area (Å²) in [7, 11) is 0. The highest BCUT2D eigenvalue weighted by molar-refractivity contribution is 6.39. The van der Waals surface area contributed by atoms with E-state index in [1.807, 2.05) is 0 Å². The molecule has 10 heteroatoms. The highest BCUT2D eigenvalue weighted by Crippen LogP contribution is 2.33. The van der Waals surface area contributed by atoms with Gasteiger partial charge in [-0.1, -0.05) is 30.1 Å². The number of H-pyrrole nitrogens is 1. The van der Waals surface area contributed by atoms with Gasteiger partial charge >= 0.3 is 0 Å². The summed E-state index contributed by atoms with van der Waals surface area (Å²) in [5, 5.41) is 6.81. The zero-order valence-electron chi connectivity index (χ0n) is 17.6. The monoisotopic (exact) mass is 479 g/mol. The Bertz CT molecular complexity index is 1090. The fourth-order valence-corrected chi connectivity index (χ4v) is 4.32. The Kier molecular flexibility index (Phi) is 7.01. The zero-order valence-corrected chi connectivity index (χ0v) is 19.1. The molecule has 2 heterocycles. The van der Waals surface area contributed by atoms with Crippen LogP contribution in [0.3, 0.4) is 0 Å². The Morgan fingerprint density at radius 1 is 1.22 bits per heavy atom. The SMILES string of the molecule is CC1CCC(NC(=O)c2cc3[nH]c(Nc4c(Cl)cncc4Cl)nc3cc2OCCF)CC1. The van der Waals surface area contributed by atoms with E-state index < -0.39 is 6.67 Å². The number of hydrogen-bond donors (Lipinski definition) is 3. The first-order valence-electron chi connectivity index (χ1n) is 10.5. The number of rotatable bonds is 7. The summed E-state index contributed by atoms with van der Waals surface area (Å²) in [6.45, 7) is 1.42. The van der Waals surface area contributed by atoms with E-state index in [0.29, 0.717) is 44.2 Å². The van der Waals surface area contributed by atoms with Gasteiger partial charge in [0.25, 0.3) is 5.91 Å². The number of ether oxygens (including phenoxy) is 1. The number of halogens is 3. The van der Waals surface area contributed by atoms with Crippen LogP contribution in [-0.2, 0) is 0 Å². The number of nitrogens with zero attached hydrogens (tertiary/aromatic N) is 2. The van der Waals surface area contributed by atoms with Gasteiger partial charge < -0.3 is 20.4 Å². The molecule has 32 heavy (non-hydrogen) atoms. The quantitative estimate of drug-likeness (QED) is 0.406. The van der Waals surface area contributed by atoms with E-state index >= 15 is 0 Å². The van der Waals surface area contributed by atoms with Crippen LogP contribution < -0.4 is 15.4 Å². The number of nitrogens with one attached hydrogen (secondary N) is 3. The summed E-state index contributed by atoms with van der Waals surface area (Å²) in [6, 6.07) is 3.41. The molecule has 4 rings (SSSR count). The summed E-state index contributed by atoms with van der Waals surface area (Å²) in [6.07, 6.45) is 7.00. The maximum absolute atomic E-state index is 13.0. The molecular formula is C22H24Cl2FN5O2. The number of anilines is 2. The Labute approximate surface area is 195 Å². The van der Waals surface area contributed by atoms with Crippen molar-refractivity contribution in [2.45, 2.75) is 38.6 Å². The predicted molar refractivity (Wildman–Crippen MR) is 124 cm³/mol. The average molecular weight is 480 g/mol. The van der Waals surface area contributed by atoms with E-state index in [4.69, 9.17) is 27.9 Å². The number of carbonyl (C=O) groups is 1. The molecule has 1 amide bonds. The maximum atomic E-state index is 13.0. The summed E-state index contributed by atoms with van der Waals surface area (Å²) < 4.78 is 18.3. The molecule has 1 aliphatic carbocycles. The number of hydrogen-bond acceptors (Lipinski definition) is 5. The van der Waals surface area contributed by atoms with Crippen LogP contribution in [0.25, 0.3) is 11.0 Å². The lowest BCUT2D eigenvalue weighted by Gasteiger charge is -2.27. The lowest BCUT2D eigenvalue weighted by molar-refractivity contribution is 0.0918. The Hall–Kier alpha value is -2.58. The van der Waals surface area contributed by atoms with Gasteiger partial charge in [0.2, 0.25) is 5.95 Å². The normalized spacial score (nSPS) is 18.5. The van der Waals surface area contributed by atoms with Crippen LogP contribution in [-0.4, -0.2) is 40.2 Å². The molecule has 7 nitrogen and oxygen atoms in total. The van der Waals surface area contributed by atoms with Crippen molar-refractivity contribution in [1.29, 1.82) is 0 Å². The molecule has 0 aliphatic heterocycles. The van der Waals surface area contributed by atoms with E-state index in [2.05, 4.69) is 32.5 Å². The first-order valence-corrected chi connectivity index (χ1v) is 11.3. The summed E-state index contributed by atoms with van der Waals surface area (Å²) in [5.74, 6) is 1.10. The lowest BCUT2D eigenvalue weighted by Crippen LogP contribution is -2.37. The van der Waals surface area contributed by atoms with Crippen molar-refractivity contribution in [2.24, 2.45) is 5.92 Å². The molecule has 0 bridgehead atoms. The Morgan fingerprint density at radius 2 is 1.94 bits per heavy atom. The summed E-state index contributed by atoms with van der Waals surface area (Å²) in [4.78, 5) is 24.5. The number of imidazole rings is 1. The summed E-state index contributed by atoms with van der Waals surface area (Å²) in [5.41, 5.74) is 1.95. The molecule has 3 aromatic rings. The number of fused-ring (bicyclic) bond motifs is 1. The van der Waals surface area contributed by atoms with Crippen molar-refractivity contribution in [1.82, 2.24) is 20.3 Å². The van der Waals surface area contributed by atoms with Gasteiger partial charge in [0.15, 0.2) is 0 Å².